The Balaban J connectivity index is 1.94. The van der Waals surface area contributed by atoms with Gasteiger partial charge in [0.25, 0.3) is 0 Å². The lowest BCUT2D eigenvalue weighted by Crippen LogP contribution is -2.43. The van der Waals surface area contributed by atoms with E-state index in [9.17, 15) is 0 Å². The molecule has 0 saturated carbocycles. The van der Waals surface area contributed by atoms with E-state index in [-0.39, 0.29) is 0 Å². The van der Waals surface area contributed by atoms with Crippen molar-refractivity contribution >= 4 is 46.1 Å². The van der Waals surface area contributed by atoms with Crippen LogP contribution < -0.4 is 9.75 Å². The minimum absolute atomic E-state index is 0.378. The topological polar surface area (TPSA) is 17.0 Å². The second-order valence-electron chi connectivity index (χ2n) is 11.1. The molecule has 0 aliphatic carbocycles. The molecular formula is C31H36NOSi+. The molecule has 0 aliphatic rings. The van der Waals surface area contributed by atoms with Gasteiger partial charge in [0.05, 0.1) is 13.6 Å². The molecule has 0 bridgehead atoms. The van der Waals surface area contributed by atoms with Crippen LogP contribution in [0.2, 0.25) is 19.6 Å². The number of hydrogen-bond acceptors (Lipinski definition) is 1. The molecule has 174 valence electrons. The van der Waals surface area contributed by atoms with Crippen LogP contribution in [0.3, 0.4) is 0 Å². The minimum atomic E-state index is -2.23. The molecule has 3 heteroatoms. The Labute approximate surface area is 208 Å². The lowest BCUT2D eigenvalue weighted by Gasteiger charge is -2.21. The number of pyridine rings is 1. The predicted molar refractivity (Wildman–Crippen MR) is 149 cm³/mol. The van der Waals surface area contributed by atoms with Crippen molar-refractivity contribution < 1.29 is 13.1 Å². The van der Waals surface area contributed by atoms with Crippen molar-refractivity contribution in [3.8, 4) is 11.3 Å². The van der Waals surface area contributed by atoms with Crippen LogP contribution in [0.4, 0.5) is 0 Å². The van der Waals surface area contributed by atoms with Crippen molar-refractivity contribution in [2.24, 2.45) is 13.0 Å². The zero-order valence-electron chi connectivity index (χ0n) is 24.3. The lowest BCUT2D eigenvalue weighted by atomic mass is 9.95. The number of aryl methyl sites for hydroxylation is 2. The largest absolute Gasteiger partial charge is 0.455 e. The Bertz CT molecular complexity index is 1670. The number of benzene rings is 3. The standard InChI is InChI=1S/C31H36NOSi/c1-19(2)15-22-13-14-26-25(17-22)29(34(6,7)8)18-27(32(26)5)30-21(4)20(3)16-24-23-11-9-10-12-28(23)33-31(24)30/h9-14,16-19H,15H2,1-8H3/q+1/i3D3. The van der Waals surface area contributed by atoms with Gasteiger partial charge >= 0.3 is 0 Å². The third kappa shape index (κ3) is 3.67. The zero-order chi connectivity index (χ0) is 26.9. The van der Waals surface area contributed by atoms with E-state index in [2.05, 4.69) is 69.4 Å². The second kappa shape index (κ2) is 8.09. The van der Waals surface area contributed by atoms with Crippen LogP contribution in [0, 0.1) is 19.7 Å². The first-order valence-corrected chi connectivity index (χ1v) is 15.7. The first kappa shape index (κ1) is 19.4. The van der Waals surface area contributed by atoms with E-state index in [1.165, 1.54) is 16.1 Å². The van der Waals surface area contributed by atoms with Gasteiger partial charge in [0.15, 0.2) is 0 Å². The fraction of sp³-hybridized carbons (Fsp3) is 0.323. The highest BCUT2D eigenvalue weighted by atomic mass is 28.3. The van der Waals surface area contributed by atoms with E-state index in [0.717, 1.165) is 50.7 Å². The number of nitrogens with zero attached hydrogens (tertiary/aromatic N) is 1. The quantitative estimate of drug-likeness (QED) is 0.196. The van der Waals surface area contributed by atoms with Crippen molar-refractivity contribution in [3.05, 3.63) is 71.3 Å². The van der Waals surface area contributed by atoms with Crippen LogP contribution >= 0.6 is 0 Å². The van der Waals surface area contributed by atoms with Crippen LogP contribution in [0.5, 0.6) is 0 Å². The SMILES string of the molecule is [2H]C([2H])([2H])c1cc2c(oc3ccccc32)c(-c2cc([Si](C)(C)C)c3cc(CC(C)C)ccc3[n+]2C)c1C. The minimum Gasteiger partial charge on any atom is -0.455 e. The molecule has 0 unspecified atom stereocenters. The molecule has 0 fully saturated rings. The van der Waals surface area contributed by atoms with Gasteiger partial charge in [-0.05, 0) is 66.2 Å². The van der Waals surface area contributed by atoms with Crippen molar-refractivity contribution in [1.82, 2.24) is 0 Å². The fourth-order valence-corrected chi connectivity index (χ4v) is 6.83. The summed E-state index contributed by atoms with van der Waals surface area (Å²) in [5, 5.41) is 4.47. The monoisotopic (exact) mass is 469 g/mol. The van der Waals surface area contributed by atoms with E-state index >= 15 is 0 Å². The fourth-order valence-electron chi connectivity index (χ4n) is 5.25. The number of hydrogen-bond donors (Lipinski definition) is 0. The molecular weight excluding hydrogens is 430 g/mol. The van der Waals surface area contributed by atoms with E-state index in [1.807, 2.05) is 37.3 Å². The smallest absolute Gasteiger partial charge is 0.216 e. The van der Waals surface area contributed by atoms with Crippen LogP contribution in [0.1, 0.15) is 34.7 Å². The Morgan fingerprint density at radius 1 is 0.971 bits per heavy atom. The molecule has 5 aromatic rings. The van der Waals surface area contributed by atoms with E-state index in [4.69, 9.17) is 8.53 Å². The lowest BCUT2D eigenvalue weighted by molar-refractivity contribution is -0.633. The summed E-state index contributed by atoms with van der Waals surface area (Å²) < 4.78 is 33.6. The maximum atomic E-state index is 8.32. The van der Waals surface area contributed by atoms with Gasteiger partial charge in [-0.3, -0.25) is 0 Å². The highest BCUT2D eigenvalue weighted by Crippen LogP contribution is 2.38. The van der Waals surface area contributed by atoms with Crippen LogP contribution in [-0.4, -0.2) is 8.07 Å². The van der Waals surface area contributed by atoms with Gasteiger partial charge in [0.2, 0.25) is 11.2 Å². The molecule has 2 heterocycles. The van der Waals surface area contributed by atoms with Gasteiger partial charge in [0, 0.05) is 32.4 Å². The third-order valence-electron chi connectivity index (χ3n) is 6.99. The molecule has 0 saturated heterocycles. The first-order valence-electron chi connectivity index (χ1n) is 13.7. The number of fused-ring (bicyclic) bond motifs is 4. The van der Waals surface area contributed by atoms with Crippen molar-refractivity contribution in [2.45, 2.75) is 53.7 Å². The normalized spacial score (nSPS) is 14.2. The second-order valence-corrected chi connectivity index (χ2v) is 16.1. The Kier molecular flexibility index (Phi) is 4.62. The summed E-state index contributed by atoms with van der Waals surface area (Å²) in [6.07, 6.45) is 1.05. The van der Waals surface area contributed by atoms with Gasteiger partial charge in [-0.1, -0.05) is 57.8 Å². The van der Waals surface area contributed by atoms with Gasteiger partial charge in [-0.25, -0.2) is 0 Å². The third-order valence-corrected chi connectivity index (χ3v) is 9.02. The molecule has 34 heavy (non-hydrogen) atoms. The maximum Gasteiger partial charge on any atom is 0.216 e. The summed E-state index contributed by atoms with van der Waals surface area (Å²) in [5.74, 6) is 0.590. The molecule has 3 aromatic carbocycles. The number of rotatable bonds is 4. The van der Waals surface area contributed by atoms with E-state index in [1.54, 1.807) is 0 Å². The number of aromatic nitrogens is 1. The molecule has 0 radical (unpaired) electrons. The average molecular weight is 470 g/mol. The van der Waals surface area contributed by atoms with E-state index in [0.29, 0.717) is 11.5 Å². The highest BCUT2D eigenvalue weighted by molar-refractivity contribution is 6.90. The van der Waals surface area contributed by atoms with Gasteiger partial charge in [-0.15, -0.1) is 0 Å². The molecule has 0 N–H and O–H groups in total. The van der Waals surface area contributed by atoms with Crippen LogP contribution in [0.25, 0.3) is 44.1 Å². The predicted octanol–water partition coefficient (Wildman–Crippen LogP) is 7.59. The summed E-state index contributed by atoms with van der Waals surface area (Å²) in [5.41, 5.74) is 7.03. The summed E-state index contributed by atoms with van der Waals surface area (Å²) in [6.45, 7) is 11.3. The molecule has 2 aromatic heterocycles. The van der Waals surface area contributed by atoms with Gasteiger partial charge in [0.1, 0.15) is 18.2 Å². The van der Waals surface area contributed by atoms with Gasteiger partial charge < -0.3 is 4.42 Å². The van der Waals surface area contributed by atoms with Crippen LogP contribution in [-0.2, 0) is 13.5 Å². The number of para-hydroxylation sites is 1. The summed E-state index contributed by atoms with van der Waals surface area (Å²) >= 11 is 0. The van der Waals surface area contributed by atoms with Crippen molar-refractivity contribution in [2.75, 3.05) is 0 Å². The summed E-state index contributed by atoms with van der Waals surface area (Å²) in [4.78, 5) is 0. The average Bonchev–Trinajstić information content (AvgIpc) is 3.16. The van der Waals surface area contributed by atoms with E-state index < -0.39 is 14.9 Å². The Hall–Kier alpha value is -2.91. The number of furan rings is 1. The summed E-state index contributed by atoms with van der Waals surface area (Å²) in [6, 6.07) is 18.9. The first-order chi connectivity index (χ1) is 17.3. The molecule has 2 nitrogen and oxygen atoms in total. The molecule has 5 rings (SSSR count). The summed E-state index contributed by atoms with van der Waals surface area (Å²) in [7, 11) is 0.317. The zero-order valence-corrected chi connectivity index (χ0v) is 22.3. The van der Waals surface area contributed by atoms with Crippen LogP contribution in [0.15, 0.2) is 59.0 Å². The highest BCUT2D eigenvalue weighted by Gasteiger charge is 2.29. The molecule has 0 atom stereocenters. The Morgan fingerprint density at radius 2 is 1.74 bits per heavy atom. The van der Waals surface area contributed by atoms with Crippen molar-refractivity contribution in [1.29, 1.82) is 0 Å². The molecule has 0 aliphatic heterocycles. The maximum absolute atomic E-state index is 8.32. The molecule has 0 spiro atoms. The molecule has 0 amide bonds. The van der Waals surface area contributed by atoms with Crippen molar-refractivity contribution in [3.63, 3.8) is 0 Å². The van der Waals surface area contributed by atoms with Gasteiger partial charge in [-0.2, -0.15) is 4.57 Å². The Morgan fingerprint density at radius 3 is 2.44 bits per heavy atom.